The predicted octanol–water partition coefficient (Wildman–Crippen LogP) is 3.21. The Hall–Kier alpha value is -2.82. The second-order valence-corrected chi connectivity index (χ2v) is 4.29. The third-order valence-corrected chi connectivity index (χ3v) is 2.64. The van der Waals surface area contributed by atoms with E-state index in [4.69, 9.17) is 0 Å². The van der Waals surface area contributed by atoms with E-state index in [1.165, 1.54) is 0 Å². The zero-order chi connectivity index (χ0) is 14.4. The van der Waals surface area contributed by atoms with Crippen LogP contribution in [0.2, 0.25) is 0 Å². The fraction of sp³-hybridized carbons (Fsp3) is 0.0667. The number of nitrogens with one attached hydrogen (secondary N) is 3. The number of carbonyl (C=O) groups is 2. The standard InChI is InChI=1S/C15H15N3O2/c1-11-3-2-4-14(9-11)18-15(20)17-13-7-5-12(6-8-13)16-10-19/h2-10H,1H3,(H,16,19)(H2,17,18,20). The highest BCUT2D eigenvalue weighted by Crippen LogP contribution is 2.14. The molecule has 0 aliphatic carbocycles. The number of amides is 3. The van der Waals surface area contributed by atoms with Crippen LogP contribution in [0.3, 0.4) is 0 Å². The van der Waals surface area contributed by atoms with Gasteiger partial charge in [0.15, 0.2) is 0 Å². The molecule has 0 atom stereocenters. The van der Waals surface area contributed by atoms with Gasteiger partial charge in [-0.05, 0) is 48.9 Å². The van der Waals surface area contributed by atoms with Crippen LogP contribution in [0, 0.1) is 6.92 Å². The van der Waals surface area contributed by atoms with Crippen molar-refractivity contribution in [2.75, 3.05) is 16.0 Å². The van der Waals surface area contributed by atoms with E-state index in [0.29, 0.717) is 17.8 Å². The van der Waals surface area contributed by atoms with Crippen molar-refractivity contribution in [3.63, 3.8) is 0 Å². The minimum absolute atomic E-state index is 0.313. The molecule has 0 radical (unpaired) electrons. The molecule has 5 nitrogen and oxygen atoms in total. The van der Waals surface area contributed by atoms with Gasteiger partial charge in [-0.1, -0.05) is 12.1 Å². The first-order valence-corrected chi connectivity index (χ1v) is 6.12. The van der Waals surface area contributed by atoms with Gasteiger partial charge in [0, 0.05) is 17.1 Å². The molecule has 3 amide bonds. The lowest BCUT2D eigenvalue weighted by Gasteiger charge is -2.08. The van der Waals surface area contributed by atoms with Crippen LogP contribution in [0.1, 0.15) is 5.56 Å². The number of hydrogen-bond donors (Lipinski definition) is 3. The Bertz CT molecular complexity index is 609. The second kappa shape index (κ2) is 6.38. The van der Waals surface area contributed by atoms with Crippen molar-refractivity contribution < 1.29 is 9.59 Å². The van der Waals surface area contributed by atoms with Gasteiger partial charge in [0.25, 0.3) is 0 Å². The number of aryl methyl sites for hydroxylation is 1. The molecular formula is C15H15N3O2. The highest BCUT2D eigenvalue weighted by Gasteiger charge is 2.02. The summed E-state index contributed by atoms with van der Waals surface area (Å²) in [5.41, 5.74) is 3.13. The smallest absolute Gasteiger partial charge is 0.323 e. The monoisotopic (exact) mass is 269 g/mol. The third kappa shape index (κ3) is 3.84. The predicted molar refractivity (Wildman–Crippen MR) is 79.9 cm³/mol. The molecule has 0 aliphatic rings. The second-order valence-electron chi connectivity index (χ2n) is 4.29. The molecule has 2 aromatic rings. The number of benzene rings is 2. The fourth-order valence-corrected chi connectivity index (χ4v) is 1.73. The summed E-state index contributed by atoms with van der Waals surface area (Å²) in [6, 6.07) is 14.1. The van der Waals surface area contributed by atoms with E-state index in [1.807, 2.05) is 31.2 Å². The van der Waals surface area contributed by atoms with Crippen molar-refractivity contribution in [2.45, 2.75) is 6.92 Å². The molecule has 0 heterocycles. The highest BCUT2D eigenvalue weighted by molar-refractivity contribution is 5.99. The van der Waals surface area contributed by atoms with Crippen LogP contribution in [-0.4, -0.2) is 12.4 Å². The Balaban J connectivity index is 1.95. The van der Waals surface area contributed by atoms with Gasteiger partial charge in [-0.15, -0.1) is 0 Å². The van der Waals surface area contributed by atoms with Crippen molar-refractivity contribution in [2.24, 2.45) is 0 Å². The Labute approximate surface area is 117 Å². The zero-order valence-corrected chi connectivity index (χ0v) is 11.0. The number of urea groups is 1. The average molecular weight is 269 g/mol. The van der Waals surface area contributed by atoms with Gasteiger partial charge >= 0.3 is 6.03 Å². The van der Waals surface area contributed by atoms with Gasteiger partial charge in [0.05, 0.1) is 0 Å². The summed E-state index contributed by atoms with van der Waals surface area (Å²) < 4.78 is 0. The minimum Gasteiger partial charge on any atom is -0.329 e. The Morgan fingerprint density at radius 1 is 0.950 bits per heavy atom. The van der Waals surface area contributed by atoms with Crippen molar-refractivity contribution >= 4 is 29.5 Å². The lowest BCUT2D eigenvalue weighted by atomic mass is 10.2. The summed E-state index contributed by atoms with van der Waals surface area (Å²) in [4.78, 5) is 22.1. The minimum atomic E-state index is -0.313. The van der Waals surface area contributed by atoms with Crippen LogP contribution in [0.15, 0.2) is 48.5 Å². The molecule has 0 aliphatic heterocycles. The molecule has 20 heavy (non-hydrogen) atoms. The fourth-order valence-electron chi connectivity index (χ4n) is 1.73. The Morgan fingerprint density at radius 2 is 1.60 bits per heavy atom. The molecular weight excluding hydrogens is 254 g/mol. The van der Waals surface area contributed by atoms with Crippen LogP contribution in [0.5, 0.6) is 0 Å². The maximum absolute atomic E-state index is 11.8. The lowest BCUT2D eigenvalue weighted by molar-refractivity contribution is -0.105. The van der Waals surface area contributed by atoms with Gasteiger partial charge in [-0.3, -0.25) is 4.79 Å². The van der Waals surface area contributed by atoms with Crippen molar-refractivity contribution in [1.82, 2.24) is 0 Å². The molecule has 0 saturated carbocycles. The van der Waals surface area contributed by atoms with E-state index >= 15 is 0 Å². The summed E-state index contributed by atoms with van der Waals surface area (Å²) in [5.74, 6) is 0. The van der Waals surface area contributed by atoms with E-state index in [-0.39, 0.29) is 6.03 Å². The molecule has 2 aromatic carbocycles. The zero-order valence-electron chi connectivity index (χ0n) is 11.0. The number of rotatable bonds is 4. The van der Waals surface area contributed by atoms with Crippen LogP contribution < -0.4 is 16.0 Å². The first kappa shape index (κ1) is 13.6. The summed E-state index contributed by atoms with van der Waals surface area (Å²) in [5, 5.41) is 7.99. The van der Waals surface area contributed by atoms with E-state index in [1.54, 1.807) is 24.3 Å². The Morgan fingerprint density at radius 3 is 2.25 bits per heavy atom. The maximum atomic E-state index is 11.8. The van der Waals surface area contributed by atoms with E-state index in [0.717, 1.165) is 11.3 Å². The molecule has 0 aromatic heterocycles. The molecule has 2 rings (SSSR count). The van der Waals surface area contributed by atoms with Crippen LogP contribution in [-0.2, 0) is 4.79 Å². The summed E-state index contributed by atoms with van der Waals surface area (Å²) in [7, 11) is 0. The summed E-state index contributed by atoms with van der Waals surface area (Å²) >= 11 is 0. The molecule has 0 bridgehead atoms. The molecule has 3 N–H and O–H groups in total. The maximum Gasteiger partial charge on any atom is 0.323 e. The normalized spacial score (nSPS) is 9.65. The van der Waals surface area contributed by atoms with E-state index in [2.05, 4.69) is 16.0 Å². The first-order chi connectivity index (χ1) is 9.67. The Kier molecular flexibility index (Phi) is 4.34. The molecule has 0 fully saturated rings. The molecule has 0 saturated heterocycles. The highest BCUT2D eigenvalue weighted by atomic mass is 16.2. The lowest BCUT2D eigenvalue weighted by Crippen LogP contribution is -2.19. The van der Waals surface area contributed by atoms with Crippen LogP contribution >= 0.6 is 0 Å². The van der Waals surface area contributed by atoms with Crippen LogP contribution in [0.25, 0.3) is 0 Å². The van der Waals surface area contributed by atoms with Gasteiger partial charge in [0.2, 0.25) is 6.41 Å². The summed E-state index contributed by atoms with van der Waals surface area (Å²) in [6.45, 7) is 1.96. The SMILES string of the molecule is Cc1cccc(NC(=O)Nc2ccc(NC=O)cc2)c1. The third-order valence-electron chi connectivity index (χ3n) is 2.64. The molecule has 0 spiro atoms. The summed E-state index contributed by atoms with van der Waals surface area (Å²) in [6.07, 6.45) is 0.604. The van der Waals surface area contributed by atoms with Gasteiger partial charge in [-0.2, -0.15) is 0 Å². The molecule has 102 valence electrons. The number of hydrogen-bond acceptors (Lipinski definition) is 2. The van der Waals surface area contributed by atoms with E-state index in [9.17, 15) is 9.59 Å². The average Bonchev–Trinajstić information content (AvgIpc) is 2.41. The molecule has 0 unspecified atom stereocenters. The topological polar surface area (TPSA) is 70.2 Å². The van der Waals surface area contributed by atoms with Crippen molar-refractivity contribution in [3.05, 3.63) is 54.1 Å². The quantitative estimate of drug-likeness (QED) is 0.746. The van der Waals surface area contributed by atoms with Crippen LogP contribution in [0.4, 0.5) is 21.9 Å². The van der Waals surface area contributed by atoms with E-state index < -0.39 is 0 Å². The number of carbonyl (C=O) groups excluding carboxylic acids is 2. The first-order valence-electron chi connectivity index (χ1n) is 6.12. The molecule has 5 heteroatoms. The van der Waals surface area contributed by atoms with Gasteiger partial charge in [0.1, 0.15) is 0 Å². The van der Waals surface area contributed by atoms with Crippen molar-refractivity contribution in [3.8, 4) is 0 Å². The van der Waals surface area contributed by atoms with Gasteiger partial charge < -0.3 is 16.0 Å². The number of anilines is 3. The van der Waals surface area contributed by atoms with Crippen molar-refractivity contribution in [1.29, 1.82) is 0 Å². The largest absolute Gasteiger partial charge is 0.329 e. The van der Waals surface area contributed by atoms with Gasteiger partial charge in [-0.25, -0.2) is 4.79 Å².